The molecule has 2 atom stereocenters. The van der Waals surface area contributed by atoms with Gasteiger partial charge in [-0.3, -0.25) is 9.78 Å². The van der Waals surface area contributed by atoms with Crippen molar-refractivity contribution >= 4 is 5.91 Å². The number of pyridine rings is 1. The Morgan fingerprint density at radius 3 is 2.85 bits per heavy atom. The van der Waals surface area contributed by atoms with Gasteiger partial charge in [-0.15, -0.1) is 0 Å². The second kappa shape index (κ2) is 6.35. The summed E-state index contributed by atoms with van der Waals surface area (Å²) in [4.78, 5) is 16.6. The smallest absolute Gasteiger partial charge is 0.253 e. The maximum absolute atomic E-state index is 12.2. The van der Waals surface area contributed by atoms with Crippen LogP contribution < -0.4 is 5.32 Å². The molecule has 2 heterocycles. The van der Waals surface area contributed by atoms with Crippen LogP contribution in [-0.2, 0) is 4.74 Å². The second-order valence-electron chi connectivity index (χ2n) is 5.92. The zero-order valence-corrected chi connectivity index (χ0v) is 12.8. The van der Waals surface area contributed by atoms with Crippen molar-refractivity contribution in [2.75, 3.05) is 13.2 Å². The lowest BCUT2D eigenvalue weighted by molar-refractivity contribution is 0.0533. The van der Waals surface area contributed by atoms with Gasteiger partial charge in [-0.05, 0) is 38.3 Å². The molecule has 1 aromatic rings. The molecule has 4 nitrogen and oxygen atoms in total. The molecule has 1 fully saturated rings. The van der Waals surface area contributed by atoms with Gasteiger partial charge in [0, 0.05) is 24.8 Å². The number of amides is 1. The number of hydrogen-bond donors (Lipinski definition) is 1. The summed E-state index contributed by atoms with van der Waals surface area (Å²) in [5.41, 5.74) is 2.38. The summed E-state index contributed by atoms with van der Waals surface area (Å²) in [6.07, 6.45) is 1.28. The monoisotopic (exact) mass is 276 g/mol. The van der Waals surface area contributed by atoms with E-state index in [1.54, 1.807) is 0 Å². The number of nitrogens with one attached hydrogen (secondary N) is 1. The number of rotatable bonds is 4. The first-order chi connectivity index (χ1) is 9.49. The van der Waals surface area contributed by atoms with E-state index < -0.39 is 0 Å². The first kappa shape index (κ1) is 15.0. The number of carbonyl (C=O) groups excluding carboxylic acids is 1. The van der Waals surface area contributed by atoms with E-state index in [1.165, 1.54) is 0 Å². The van der Waals surface area contributed by atoms with Crippen molar-refractivity contribution < 1.29 is 9.53 Å². The molecule has 1 aromatic heterocycles. The van der Waals surface area contributed by atoms with Crippen molar-refractivity contribution in [1.82, 2.24) is 10.3 Å². The third kappa shape index (κ3) is 3.37. The molecule has 0 aromatic carbocycles. The highest BCUT2D eigenvalue weighted by atomic mass is 16.5. The van der Waals surface area contributed by atoms with Crippen molar-refractivity contribution in [3.05, 3.63) is 29.1 Å². The normalized spacial score (nSPS) is 22.2. The van der Waals surface area contributed by atoms with Crippen molar-refractivity contribution in [2.45, 2.75) is 40.2 Å². The molecule has 0 radical (unpaired) electrons. The molecule has 0 aliphatic carbocycles. The van der Waals surface area contributed by atoms with Crippen molar-refractivity contribution in [3.8, 4) is 0 Å². The van der Waals surface area contributed by atoms with Gasteiger partial charge in [0.15, 0.2) is 0 Å². The fourth-order valence-electron chi connectivity index (χ4n) is 2.86. The molecular formula is C16H24N2O2. The van der Waals surface area contributed by atoms with Gasteiger partial charge >= 0.3 is 0 Å². The van der Waals surface area contributed by atoms with Crippen LogP contribution in [0.1, 0.15) is 42.0 Å². The number of ether oxygens (including phenoxy) is 1. The Labute approximate surface area is 120 Å². The molecule has 1 aliphatic heterocycles. The van der Waals surface area contributed by atoms with E-state index in [2.05, 4.69) is 24.1 Å². The van der Waals surface area contributed by atoms with Crippen LogP contribution in [0.2, 0.25) is 0 Å². The molecule has 1 aliphatic rings. The van der Waals surface area contributed by atoms with Gasteiger partial charge in [-0.2, -0.15) is 0 Å². The van der Waals surface area contributed by atoms with Gasteiger partial charge in [0.05, 0.1) is 17.4 Å². The van der Waals surface area contributed by atoms with Gasteiger partial charge in [-0.1, -0.05) is 13.8 Å². The number of aromatic nitrogens is 1. The largest absolute Gasteiger partial charge is 0.378 e. The van der Waals surface area contributed by atoms with Gasteiger partial charge in [0.25, 0.3) is 5.91 Å². The predicted molar refractivity (Wildman–Crippen MR) is 78.7 cm³/mol. The third-order valence-corrected chi connectivity index (χ3v) is 3.92. The van der Waals surface area contributed by atoms with Gasteiger partial charge in [-0.25, -0.2) is 0 Å². The second-order valence-corrected chi connectivity index (χ2v) is 5.92. The Hall–Kier alpha value is -1.42. The van der Waals surface area contributed by atoms with Crippen LogP contribution in [0.15, 0.2) is 12.1 Å². The highest BCUT2D eigenvalue weighted by molar-refractivity contribution is 5.95. The molecule has 1 N–H and O–H groups in total. The van der Waals surface area contributed by atoms with Gasteiger partial charge in [0.2, 0.25) is 0 Å². The number of carbonyl (C=O) groups is 1. The van der Waals surface area contributed by atoms with Crippen LogP contribution in [0.3, 0.4) is 0 Å². The maximum Gasteiger partial charge on any atom is 0.253 e. The molecular weight excluding hydrogens is 252 g/mol. The maximum atomic E-state index is 12.2. The van der Waals surface area contributed by atoms with Crippen molar-refractivity contribution in [1.29, 1.82) is 0 Å². The Balaban J connectivity index is 1.95. The minimum absolute atomic E-state index is 0.0376. The molecule has 0 bridgehead atoms. The number of aryl methyl sites for hydroxylation is 2. The molecule has 0 unspecified atom stereocenters. The lowest BCUT2D eigenvalue weighted by Crippen LogP contribution is -2.35. The molecule has 1 amide bonds. The number of hydrogen-bond acceptors (Lipinski definition) is 3. The van der Waals surface area contributed by atoms with Crippen molar-refractivity contribution in [3.63, 3.8) is 0 Å². The molecule has 20 heavy (non-hydrogen) atoms. The quantitative estimate of drug-likeness (QED) is 0.919. The van der Waals surface area contributed by atoms with Crippen LogP contribution in [0.5, 0.6) is 0 Å². The first-order valence-electron chi connectivity index (χ1n) is 7.33. The van der Waals surface area contributed by atoms with Crippen LogP contribution >= 0.6 is 0 Å². The standard InChI is InChI=1S/C16H24N2O2/c1-10(2)15-13(7-8-20-15)9-17-16(19)14-6-5-11(3)18-12(14)4/h5-6,10,13,15H,7-9H2,1-4H3,(H,17,19)/t13-,15-/m1/s1. The minimum Gasteiger partial charge on any atom is -0.378 e. The average molecular weight is 276 g/mol. The van der Waals surface area contributed by atoms with Crippen LogP contribution in [-0.4, -0.2) is 30.1 Å². The van der Waals surface area contributed by atoms with Crippen molar-refractivity contribution in [2.24, 2.45) is 11.8 Å². The predicted octanol–water partition coefficient (Wildman–Crippen LogP) is 2.49. The lowest BCUT2D eigenvalue weighted by Gasteiger charge is -2.22. The average Bonchev–Trinajstić information content (AvgIpc) is 2.84. The van der Waals surface area contributed by atoms with Gasteiger partial charge in [0.1, 0.15) is 0 Å². The zero-order valence-electron chi connectivity index (χ0n) is 12.8. The van der Waals surface area contributed by atoms with E-state index in [1.807, 2.05) is 26.0 Å². The van der Waals surface area contributed by atoms with E-state index in [0.29, 0.717) is 23.9 Å². The van der Waals surface area contributed by atoms with E-state index >= 15 is 0 Å². The first-order valence-corrected chi connectivity index (χ1v) is 7.33. The molecule has 4 heteroatoms. The Morgan fingerprint density at radius 1 is 1.45 bits per heavy atom. The van der Waals surface area contributed by atoms with Crippen LogP contribution in [0.25, 0.3) is 0 Å². The Bertz CT molecular complexity index is 485. The summed E-state index contributed by atoms with van der Waals surface area (Å²) in [5.74, 6) is 0.865. The molecule has 0 spiro atoms. The van der Waals surface area contributed by atoms with Crippen LogP contribution in [0.4, 0.5) is 0 Å². The Morgan fingerprint density at radius 2 is 2.20 bits per heavy atom. The molecule has 1 saturated heterocycles. The molecule has 0 saturated carbocycles. The lowest BCUT2D eigenvalue weighted by atomic mass is 9.93. The minimum atomic E-state index is -0.0376. The summed E-state index contributed by atoms with van der Waals surface area (Å²) in [6.45, 7) is 9.61. The summed E-state index contributed by atoms with van der Waals surface area (Å²) in [7, 11) is 0. The third-order valence-electron chi connectivity index (χ3n) is 3.92. The van der Waals surface area contributed by atoms with E-state index in [0.717, 1.165) is 24.4 Å². The summed E-state index contributed by atoms with van der Waals surface area (Å²) >= 11 is 0. The fourth-order valence-corrected chi connectivity index (χ4v) is 2.86. The number of nitrogens with zero attached hydrogens (tertiary/aromatic N) is 1. The Kier molecular flexibility index (Phi) is 4.76. The van der Waals surface area contributed by atoms with Crippen LogP contribution in [0, 0.1) is 25.7 Å². The highest BCUT2D eigenvalue weighted by Crippen LogP contribution is 2.26. The van der Waals surface area contributed by atoms with E-state index in [-0.39, 0.29) is 12.0 Å². The fraction of sp³-hybridized carbons (Fsp3) is 0.625. The van der Waals surface area contributed by atoms with E-state index in [9.17, 15) is 4.79 Å². The summed E-state index contributed by atoms with van der Waals surface area (Å²) in [6, 6.07) is 3.72. The van der Waals surface area contributed by atoms with Gasteiger partial charge < -0.3 is 10.1 Å². The topological polar surface area (TPSA) is 51.2 Å². The molecule has 110 valence electrons. The SMILES string of the molecule is Cc1ccc(C(=O)NC[C@H]2CCO[C@@H]2C(C)C)c(C)n1. The highest BCUT2D eigenvalue weighted by Gasteiger charge is 2.30. The summed E-state index contributed by atoms with van der Waals surface area (Å²) < 4.78 is 5.74. The zero-order chi connectivity index (χ0) is 14.7. The summed E-state index contributed by atoms with van der Waals surface area (Å²) in [5, 5.41) is 3.03. The molecule has 2 rings (SSSR count). The van der Waals surface area contributed by atoms with E-state index in [4.69, 9.17) is 4.74 Å².